The Labute approximate surface area is 148 Å². The minimum atomic E-state index is -4.63. The van der Waals surface area contributed by atoms with Crippen LogP contribution in [0.1, 0.15) is 44.9 Å². The molecule has 1 saturated carbocycles. The molecule has 3 nitrogen and oxygen atoms in total. The van der Waals surface area contributed by atoms with Gasteiger partial charge in [0.1, 0.15) is 6.04 Å². The van der Waals surface area contributed by atoms with Crippen LogP contribution < -0.4 is 10.6 Å². The summed E-state index contributed by atoms with van der Waals surface area (Å²) >= 11 is 0. The third kappa shape index (κ3) is 4.14. The molecule has 0 bridgehead atoms. The van der Waals surface area contributed by atoms with Crippen molar-refractivity contribution in [2.75, 3.05) is 6.54 Å². The highest BCUT2D eigenvalue weighted by molar-refractivity contribution is 5.04. The van der Waals surface area contributed by atoms with Gasteiger partial charge in [0, 0.05) is 12.1 Å². The van der Waals surface area contributed by atoms with E-state index in [2.05, 4.69) is 10.6 Å². The third-order valence-corrected chi connectivity index (χ3v) is 6.41. The van der Waals surface area contributed by atoms with Gasteiger partial charge in [-0.05, 0) is 50.5 Å². The Morgan fingerprint density at radius 3 is 2.19 bits per heavy atom. The molecule has 0 aromatic heterocycles. The Balaban J connectivity index is 1.86. The number of rotatable bonds is 2. The van der Waals surface area contributed by atoms with Crippen LogP contribution in [0.3, 0.4) is 0 Å². The zero-order valence-corrected chi connectivity index (χ0v) is 14.4. The van der Waals surface area contributed by atoms with E-state index in [1.165, 1.54) is 0 Å². The molecule has 2 aliphatic heterocycles. The molecule has 0 amide bonds. The summed E-state index contributed by atoms with van der Waals surface area (Å²) in [6, 6.07) is -3.63. The van der Waals surface area contributed by atoms with E-state index in [9.17, 15) is 31.4 Å². The zero-order chi connectivity index (χ0) is 19.1. The van der Waals surface area contributed by atoms with E-state index in [0.29, 0.717) is 25.8 Å². The second kappa shape index (κ2) is 7.47. The summed E-state index contributed by atoms with van der Waals surface area (Å²) in [5.74, 6) is -3.17. The van der Waals surface area contributed by atoms with E-state index < -0.39 is 48.3 Å². The first-order valence-electron chi connectivity index (χ1n) is 9.40. The van der Waals surface area contributed by atoms with Gasteiger partial charge in [0.2, 0.25) is 0 Å². The highest BCUT2D eigenvalue weighted by atomic mass is 19.4. The Morgan fingerprint density at radius 2 is 1.62 bits per heavy atom. The van der Waals surface area contributed by atoms with E-state index in [0.717, 1.165) is 12.8 Å². The van der Waals surface area contributed by atoms with Crippen LogP contribution in [0.15, 0.2) is 0 Å². The topological polar surface area (TPSA) is 44.3 Å². The molecular formula is C17H26F6N2O. The van der Waals surface area contributed by atoms with E-state index in [-0.39, 0.29) is 18.9 Å². The Bertz CT molecular complexity index is 477. The van der Waals surface area contributed by atoms with E-state index in [1.54, 1.807) is 0 Å². The van der Waals surface area contributed by atoms with Gasteiger partial charge in [0.15, 0.2) is 0 Å². The number of hydrogen-bond acceptors (Lipinski definition) is 3. The predicted molar refractivity (Wildman–Crippen MR) is 83.4 cm³/mol. The van der Waals surface area contributed by atoms with Gasteiger partial charge in [-0.15, -0.1) is 0 Å². The average Bonchev–Trinajstić information content (AvgIpc) is 2.58. The van der Waals surface area contributed by atoms with Crippen molar-refractivity contribution in [2.45, 2.75) is 81.5 Å². The standard InChI is InChI=1S/C17H26F6N2O/c18-16(19,20)11-5-3-4-9-10(15(26)12-6-1-2-7-24-12)8-13(17(21,22)23)25-14(9)11/h9-15,24-26H,1-8H2. The lowest BCUT2D eigenvalue weighted by molar-refractivity contribution is -0.221. The molecule has 3 fully saturated rings. The van der Waals surface area contributed by atoms with Crippen molar-refractivity contribution in [3.8, 4) is 0 Å². The molecule has 3 rings (SSSR count). The van der Waals surface area contributed by atoms with Gasteiger partial charge in [-0.3, -0.25) is 0 Å². The van der Waals surface area contributed by atoms with Crippen molar-refractivity contribution in [1.82, 2.24) is 10.6 Å². The molecule has 0 spiro atoms. The summed E-state index contributed by atoms with van der Waals surface area (Å²) in [6.45, 7) is 0.675. The fourth-order valence-electron chi connectivity index (χ4n) is 5.16. The molecule has 2 heterocycles. The van der Waals surface area contributed by atoms with Crippen LogP contribution in [-0.2, 0) is 0 Å². The van der Waals surface area contributed by atoms with Gasteiger partial charge in [-0.1, -0.05) is 12.8 Å². The molecule has 152 valence electrons. The molecule has 7 atom stereocenters. The van der Waals surface area contributed by atoms with Gasteiger partial charge in [-0.2, -0.15) is 26.3 Å². The lowest BCUT2D eigenvalue weighted by atomic mass is 9.64. The average molecular weight is 388 g/mol. The number of halogens is 6. The number of alkyl halides is 6. The van der Waals surface area contributed by atoms with Crippen LogP contribution in [-0.4, -0.2) is 48.2 Å². The zero-order valence-electron chi connectivity index (χ0n) is 14.4. The van der Waals surface area contributed by atoms with Crippen molar-refractivity contribution >= 4 is 0 Å². The van der Waals surface area contributed by atoms with Crippen molar-refractivity contribution in [1.29, 1.82) is 0 Å². The van der Waals surface area contributed by atoms with Gasteiger partial charge < -0.3 is 15.7 Å². The second-order valence-corrected chi connectivity index (χ2v) is 7.98. The van der Waals surface area contributed by atoms with E-state index in [1.807, 2.05) is 0 Å². The third-order valence-electron chi connectivity index (χ3n) is 6.41. The fourth-order valence-corrected chi connectivity index (χ4v) is 5.16. The minimum absolute atomic E-state index is 0.160. The Kier molecular flexibility index (Phi) is 5.80. The predicted octanol–water partition coefficient (Wildman–Crippen LogP) is 3.38. The molecular weight excluding hydrogens is 362 g/mol. The lowest BCUT2D eigenvalue weighted by Crippen LogP contribution is -2.65. The number of piperidine rings is 2. The Hall–Kier alpha value is -0.540. The van der Waals surface area contributed by atoms with Crippen molar-refractivity contribution in [3.63, 3.8) is 0 Å². The van der Waals surface area contributed by atoms with Crippen LogP contribution in [0.4, 0.5) is 26.3 Å². The summed E-state index contributed by atoms with van der Waals surface area (Å²) in [5, 5.41) is 16.2. The summed E-state index contributed by atoms with van der Waals surface area (Å²) in [5.41, 5.74) is 0. The molecule has 0 radical (unpaired) electrons. The highest BCUT2D eigenvalue weighted by Crippen LogP contribution is 2.48. The molecule has 0 aromatic rings. The number of aliphatic hydroxyl groups is 1. The SMILES string of the molecule is OC(C1CCCCN1)C1CC(C(F)(F)F)NC2C1CCCC2C(F)(F)F. The fraction of sp³-hybridized carbons (Fsp3) is 1.00. The Morgan fingerprint density at radius 1 is 0.885 bits per heavy atom. The van der Waals surface area contributed by atoms with Crippen LogP contribution in [0.25, 0.3) is 0 Å². The molecule has 2 saturated heterocycles. The van der Waals surface area contributed by atoms with Crippen LogP contribution in [0.2, 0.25) is 0 Å². The lowest BCUT2D eigenvalue weighted by Gasteiger charge is -2.51. The van der Waals surface area contributed by atoms with Crippen LogP contribution >= 0.6 is 0 Å². The second-order valence-electron chi connectivity index (χ2n) is 7.98. The van der Waals surface area contributed by atoms with Gasteiger partial charge in [0.25, 0.3) is 0 Å². The van der Waals surface area contributed by atoms with Crippen molar-refractivity contribution < 1.29 is 31.4 Å². The summed E-state index contributed by atoms with van der Waals surface area (Å²) in [7, 11) is 0. The van der Waals surface area contributed by atoms with Gasteiger partial charge >= 0.3 is 12.4 Å². The summed E-state index contributed by atoms with van der Waals surface area (Å²) in [4.78, 5) is 0. The van der Waals surface area contributed by atoms with Crippen LogP contribution in [0, 0.1) is 17.8 Å². The minimum Gasteiger partial charge on any atom is -0.391 e. The van der Waals surface area contributed by atoms with Crippen molar-refractivity contribution in [2.24, 2.45) is 17.8 Å². The first-order chi connectivity index (χ1) is 12.1. The summed E-state index contributed by atoms with van der Waals surface area (Å²) < 4.78 is 80.4. The molecule has 7 unspecified atom stereocenters. The highest BCUT2D eigenvalue weighted by Gasteiger charge is 2.57. The largest absolute Gasteiger partial charge is 0.403 e. The maximum absolute atomic E-state index is 13.4. The number of hydrogen-bond donors (Lipinski definition) is 3. The molecule has 3 aliphatic rings. The first kappa shape index (κ1) is 20.2. The molecule has 1 aliphatic carbocycles. The maximum Gasteiger partial charge on any atom is 0.403 e. The van der Waals surface area contributed by atoms with Crippen molar-refractivity contribution in [3.05, 3.63) is 0 Å². The van der Waals surface area contributed by atoms with Gasteiger partial charge in [-0.25, -0.2) is 0 Å². The molecule has 3 N–H and O–H groups in total. The van der Waals surface area contributed by atoms with Gasteiger partial charge in [0.05, 0.1) is 12.0 Å². The smallest absolute Gasteiger partial charge is 0.391 e. The number of nitrogens with one attached hydrogen (secondary N) is 2. The number of aliphatic hydroxyl groups excluding tert-OH is 1. The quantitative estimate of drug-likeness (QED) is 0.636. The monoisotopic (exact) mass is 388 g/mol. The summed E-state index contributed by atoms with van der Waals surface area (Å²) in [6.07, 6.45) is -7.57. The van der Waals surface area contributed by atoms with Crippen LogP contribution in [0.5, 0.6) is 0 Å². The van der Waals surface area contributed by atoms with E-state index >= 15 is 0 Å². The molecule has 9 heteroatoms. The van der Waals surface area contributed by atoms with E-state index in [4.69, 9.17) is 0 Å². The molecule has 0 aromatic carbocycles. The maximum atomic E-state index is 13.4. The number of fused-ring (bicyclic) bond motifs is 1. The normalized spacial score (nSPS) is 40.7. The molecule has 26 heavy (non-hydrogen) atoms. The first-order valence-corrected chi connectivity index (χ1v) is 9.40.